The molecule has 1 aromatic carbocycles. The quantitative estimate of drug-likeness (QED) is 0.777. The van der Waals surface area contributed by atoms with Gasteiger partial charge in [-0.15, -0.1) is 0 Å². The van der Waals surface area contributed by atoms with E-state index in [1.54, 1.807) is 0 Å². The van der Waals surface area contributed by atoms with Crippen molar-refractivity contribution in [2.24, 2.45) is 0 Å². The molecule has 0 saturated heterocycles. The standard InChI is InChI=1S/C15H16N4O2/c20-15(14-12-6-16-4-3-13(12)18-19-14)17-11-2-1-9-7-21-8-10(9)5-11/h1-2,5,16H,3-4,6-8H2,(H,17,20)(H,18,19). The fraction of sp³-hybridized carbons (Fsp3) is 0.333. The van der Waals surface area contributed by atoms with Crippen LogP contribution in [0, 0.1) is 0 Å². The van der Waals surface area contributed by atoms with Crippen LogP contribution in [-0.4, -0.2) is 22.6 Å². The highest BCUT2D eigenvalue weighted by Crippen LogP contribution is 2.24. The van der Waals surface area contributed by atoms with Crippen molar-refractivity contribution in [3.8, 4) is 0 Å². The number of rotatable bonds is 2. The summed E-state index contributed by atoms with van der Waals surface area (Å²) in [5, 5.41) is 13.3. The van der Waals surface area contributed by atoms with Gasteiger partial charge in [-0.3, -0.25) is 9.89 Å². The summed E-state index contributed by atoms with van der Waals surface area (Å²) in [7, 11) is 0. The number of amides is 1. The third kappa shape index (κ3) is 2.22. The summed E-state index contributed by atoms with van der Waals surface area (Å²) in [6.07, 6.45) is 0.881. The number of benzene rings is 1. The van der Waals surface area contributed by atoms with Crippen LogP contribution in [0.4, 0.5) is 5.69 Å². The number of hydrogen-bond donors (Lipinski definition) is 3. The van der Waals surface area contributed by atoms with Gasteiger partial charge in [-0.1, -0.05) is 6.07 Å². The number of aromatic nitrogens is 2. The molecule has 0 aliphatic carbocycles. The zero-order valence-electron chi connectivity index (χ0n) is 11.5. The van der Waals surface area contributed by atoms with Crippen LogP contribution in [0.15, 0.2) is 18.2 Å². The molecule has 6 nitrogen and oxygen atoms in total. The maximum absolute atomic E-state index is 12.4. The van der Waals surface area contributed by atoms with Crippen molar-refractivity contribution in [1.82, 2.24) is 15.5 Å². The lowest BCUT2D eigenvalue weighted by molar-refractivity contribution is 0.102. The van der Waals surface area contributed by atoms with Gasteiger partial charge >= 0.3 is 0 Å². The van der Waals surface area contributed by atoms with Crippen molar-refractivity contribution in [1.29, 1.82) is 0 Å². The van der Waals surface area contributed by atoms with E-state index in [0.717, 1.165) is 35.5 Å². The summed E-state index contributed by atoms with van der Waals surface area (Å²) < 4.78 is 5.38. The molecule has 108 valence electrons. The average molecular weight is 284 g/mol. The Morgan fingerprint density at radius 3 is 3.14 bits per heavy atom. The molecule has 3 N–H and O–H groups in total. The Labute approximate surface area is 121 Å². The summed E-state index contributed by atoms with van der Waals surface area (Å²) in [4.78, 5) is 12.4. The van der Waals surface area contributed by atoms with Gasteiger partial charge in [0.25, 0.3) is 5.91 Å². The first-order valence-corrected chi connectivity index (χ1v) is 7.09. The summed E-state index contributed by atoms with van der Waals surface area (Å²) in [6.45, 7) is 2.87. The highest BCUT2D eigenvalue weighted by atomic mass is 16.5. The van der Waals surface area contributed by atoms with Gasteiger partial charge < -0.3 is 15.4 Å². The van der Waals surface area contributed by atoms with E-state index >= 15 is 0 Å². The minimum absolute atomic E-state index is 0.171. The molecule has 4 rings (SSSR count). The van der Waals surface area contributed by atoms with Gasteiger partial charge in [0.05, 0.1) is 13.2 Å². The number of hydrogen-bond acceptors (Lipinski definition) is 4. The number of nitrogens with zero attached hydrogens (tertiary/aromatic N) is 1. The minimum atomic E-state index is -0.171. The van der Waals surface area contributed by atoms with Gasteiger partial charge in [-0.2, -0.15) is 5.10 Å². The second-order valence-electron chi connectivity index (χ2n) is 5.39. The third-order valence-corrected chi connectivity index (χ3v) is 4.00. The number of carbonyl (C=O) groups excluding carboxylic acids is 1. The lowest BCUT2D eigenvalue weighted by Crippen LogP contribution is -2.25. The first-order valence-electron chi connectivity index (χ1n) is 7.09. The van der Waals surface area contributed by atoms with E-state index in [-0.39, 0.29) is 5.91 Å². The maximum atomic E-state index is 12.4. The Morgan fingerprint density at radius 2 is 2.19 bits per heavy atom. The van der Waals surface area contributed by atoms with E-state index < -0.39 is 0 Å². The number of nitrogens with one attached hydrogen (secondary N) is 3. The van der Waals surface area contributed by atoms with Crippen LogP contribution in [0.25, 0.3) is 0 Å². The Hall–Kier alpha value is -2.18. The normalized spacial score (nSPS) is 16.4. The van der Waals surface area contributed by atoms with Gasteiger partial charge in [0, 0.05) is 36.5 Å². The van der Waals surface area contributed by atoms with Crippen LogP contribution in [0.2, 0.25) is 0 Å². The molecule has 21 heavy (non-hydrogen) atoms. The largest absolute Gasteiger partial charge is 0.372 e. The molecule has 0 fully saturated rings. The molecule has 6 heteroatoms. The lowest BCUT2D eigenvalue weighted by Gasteiger charge is -2.13. The minimum Gasteiger partial charge on any atom is -0.372 e. The second kappa shape index (κ2) is 4.98. The SMILES string of the molecule is O=C(Nc1ccc2c(c1)COC2)c1n[nH]c2c1CNCC2. The summed E-state index contributed by atoms with van der Waals surface area (Å²) >= 11 is 0. The van der Waals surface area contributed by atoms with Crippen LogP contribution in [0.1, 0.15) is 32.9 Å². The predicted molar refractivity (Wildman–Crippen MR) is 76.9 cm³/mol. The maximum Gasteiger partial charge on any atom is 0.276 e. The topological polar surface area (TPSA) is 79.0 Å². The van der Waals surface area contributed by atoms with Crippen molar-refractivity contribution in [3.63, 3.8) is 0 Å². The van der Waals surface area contributed by atoms with Crippen LogP contribution in [0.3, 0.4) is 0 Å². The van der Waals surface area contributed by atoms with Crippen molar-refractivity contribution in [2.45, 2.75) is 26.2 Å². The number of aromatic amines is 1. The fourth-order valence-electron chi connectivity index (χ4n) is 2.85. The van der Waals surface area contributed by atoms with Crippen LogP contribution in [0.5, 0.6) is 0 Å². The zero-order valence-corrected chi connectivity index (χ0v) is 11.5. The van der Waals surface area contributed by atoms with Crippen LogP contribution in [-0.2, 0) is 30.9 Å². The summed E-state index contributed by atoms with van der Waals surface area (Å²) in [6, 6.07) is 5.87. The molecule has 0 bridgehead atoms. The monoisotopic (exact) mass is 284 g/mol. The van der Waals surface area contributed by atoms with E-state index in [1.807, 2.05) is 18.2 Å². The number of anilines is 1. The van der Waals surface area contributed by atoms with Gasteiger partial charge in [-0.25, -0.2) is 0 Å². The van der Waals surface area contributed by atoms with Crippen molar-refractivity contribution >= 4 is 11.6 Å². The summed E-state index contributed by atoms with van der Waals surface area (Å²) in [5.74, 6) is -0.171. The van der Waals surface area contributed by atoms with Crippen LogP contribution >= 0.6 is 0 Å². The molecule has 0 spiro atoms. The third-order valence-electron chi connectivity index (χ3n) is 4.00. The molecule has 3 heterocycles. The molecule has 2 aromatic rings. The number of fused-ring (bicyclic) bond motifs is 2. The Morgan fingerprint density at radius 1 is 1.29 bits per heavy atom. The van der Waals surface area contributed by atoms with E-state index in [4.69, 9.17) is 4.74 Å². The molecular weight excluding hydrogens is 268 g/mol. The fourth-order valence-corrected chi connectivity index (χ4v) is 2.85. The molecular formula is C15H16N4O2. The smallest absolute Gasteiger partial charge is 0.276 e. The van der Waals surface area contributed by atoms with Crippen molar-refractivity contribution in [3.05, 3.63) is 46.3 Å². The van der Waals surface area contributed by atoms with E-state index in [9.17, 15) is 4.79 Å². The first kappa shape index (κ1) is 12.6. The van der Waals surface area contributed by atoms with E-state index in [0.29, 0.717) is 25.5 Å². The lowest BCUT2D eigenvalue weighted by atomic mass is 10.1. The Kier molecular flexibility index (Phi) is 2.98. The van der Waals surface area contributed by atoms with E-state index in [2.05, 4.69) is 20.8 Å². The van der Waals surface area contributed by atoms with Gasteiger partial charge in [0.15, 0.2) is 5.69 Å². The molecule has 0 saturated carbocycles. The summed E-state index contributed by atoms with van der Waals surface area (Å²) in [5.41, 5.74) is 5.62. The Bertz CT molecular complexity index is 708. The highest BCUT2D eigenvalue weighted by Gasteiger charge is 2.22. The molecule has 0 unspecified atom stereocenters. The number of ether oxygens (including phenoxy) is 1. The highest BCUT2D eigenvalue weighted by molar-refractivity contribution is 6.04. The number of carbonyl (C=O) groups is 1. The van der Waals surface area contributed by atoms with Crippen molar-refractivity contribution < 1.29 is 9.53 Å². The molecule has 2 aliphatic heterocycles. The first-order chi connectivity index (χ1) is 10.3. The van der Waals surface area contributed by atoms with Crippen LogP contribution < -0.4 is 10.6 Å². The molecule has 0 atom stereocenters. The molecule has 0 radical (unpaired) electrons. The van der Waals surface area contributed by atoms with E-state index in [1.165, 1.54) is 5.56 Å². The molecule has 2 aliphatic rings. The van der Waals surface area contributed by atoms with Gasteiger partial charge in [0.1, 0.15) is 0 Å². The van der Waals surface area contributed by atoms with Gasteiger partial charge in [-0.05, 0) is 23.3 Å². The second-order valence-corrected chi connectivity index (χ2v) is 5.39. The molecule has 1 amide bonds. The van der Waals surface area contributed by atoms with Crippen molar-refractivity contribution in [2.75, 3.05) is 11.9 Å². The predicted octanol–water partition coefficient (Wildman–Crippen LogP) is 1.34. The Balaban J connectivity index is 1.57. The molecule has 1 aromatic heterocycles. The van der Waals surface area contributed by atoms with Gasteiger partial charge in [0.2, 0.25) is 0 Å². The zero-order chi connectivity index (χ0) is 14.2. The average Bonchev–Trinajstić information content (AvgIpc) is 3.13. The number of H-pyrrole nitrogens is 1.